The van der Waals surface area contributed by atoms with Crippen LogP contribution in [-0.4, -0.2) is 61.1 Å². The molecule has 0 bridgehead atoms. The smallest absolute Gasteiger partial charge is 0.243 e. The van der Waals surface area contributed by atoms with Crippen LogP contribution in [0.2, 0.25) is 0 Å². The molecule has 1 N–H and O–H groups in total. The molecule has 2 atom stereocenters. The zero-order valence-corrected chi connectivity index (χ0v) is 19.2. The molecule has 0 radical (unpaired) electrons. The molecule has 0 amide bonds. The van der Waals surface area contributed by atoms with Gasteiger partial charge in [-0.2, -0.15) is 4.31 Å². The van der Waals surface area contributed by atoms with Crippen molar-refractivity contribution in [2.45, 2.75) is 62.4 Å². The van der Waals surface area contributed by atoms with E-state index in [1.807, 2.05) is 12.1 Å². The molecule has 2 heterocycles. The van der Waals surface area contributed by atoms with Gasteiger partial charge in [0.2, 0.25) is 10.0 Å². The Morgan fingerprint density at radius 3 is 2.19 bits per heavy atom. The molecule has 6 heteroatoms. The molecule has 0 aliphatic carbocycles. The van der Waals surface area contributed by atoms with Crippen molar-refractivity contribution < 1.29 is 13.5 Å². The van der Waals surface area contributed by atoms with Gasteiger partial charge in [0.15, 0.2) is 0 Å². The van der Waals surface area contributed by atoms with Crippen LogP contribution in [0.15, 0.2) is 53.4 Å². The van der Waals surface area contributed by atoms with Crippen molar-refractivity contribution in [3.63, 3.8) is 0 Å². The Morgan fingerprint density at radius 2 is 1.58 bits per heavy atom. The molecule has 168 valence electrons. The second-order valence-corrected chi connectivity index (χ2v) is 10.8. The minimum Gasteiger partial charge on any atom is -0.395 e. The number of hydrogen-bond donors (Lipinski definition) is 1. The highest BCUT2D eigenvalue weighted by atomic mass is 32.2. The van der Waals surface area contributed by atoms with Crippen LogP contribution in [0, 0.1) is 0 Å². The fraction of sp³-hybridized carbons (Fsp3) is 0.520. The third-order valence-corrected chi connectivity index (χ3v) is 8.88. The van der Waals surface area contributed by atoms with Crippen molar-refractivity contribution in [1.29, 1.82) is 0 Å². The maximum absolute atomic E-state index is 13.1. The van der Waals surface area contributed by atoms with E-state index < -0.39 is 10.0 Å². The number of rotatable bonds is 7. The molecule has 2 aromatic rings. The van der Waals surface area contributed by atoms with E-state index in [1.165, 1.54) is 29.3 Å². The first-order chi connectivity index (χ1) is 15.0. The number of sulfonamides is 1. The van der Waals surface area contributed by atoms with Crippen molar-refractivity contribution >= 4 is 10.0 Å². The molecule has 0 aromatic heterocycles. The quantitative estimate of drug-likeness (QED) is 0.706. The van der Waals surface area contributed by atoms with Gasteiger partial charge in [-0.3, -0.25) is 0 Å². The van der Waals surface area contributed by atoms with Crippen LogP contribution >= 0.6 is 0 Å². The summed E-state index contributed by atoms with van der Waals surface area (Å²) in [4.78, 5) is 2.87. The summed E-state index contributed by atoms with van der Waals surface area (Å²) < 4.78 is 27.6. The molecule has 2 aromatic carbocycles. The summed E-state index contributed by atoms with van der Waals surface area (Å²) in [6.45, 7) is 4.99. The summed E-state index contributed by atoms with van der Waals surface area (Å²) in [5, 5.41) is 9.59. The lowest BCUT2D eigenvalue weighted by molar-refractivity contribution is 0.155. The van der Waals surface area contributed by atoms with E-state index in [0.29, 0.717) is 17.5 Å². The van der Waals surface area contributed by atoms with Crippen LogP contribution in [0.3, 0.4) is 0 Å². The molecule has 2 aliphatic heterocycles. The number of piperidine rings is 1. The van der Waals surface area contributed by atoms with Crippen molar-refractivity contribution in [2.75, 3.05) is 26.2 Å². The Morgan fingerprint density at radius 1 is 0.903 bits per heavy atom. The number of benzene rings is 2. The highest BCUT2D eigenvalue weighted by Gasteiger charge is 2.33. The second kappa shape index (κ2) is 9.82. The largest absolute Gasteiger partial charge is 0.395 e. The normalized spacial score (nSPS) is 23.3. The van der Waals surface area contributed by atoms with Crippen LogP contribution < -0.4 is 0 Å². The van der Waals surface area contributed by atoms with E-state index in [0.717, 1.165) is 43.4 Å². The number of likely N-dealkylation sites (tertiary alicyclic amines) is 1. The highest BCUT2D eigenvalue weighted by molar-refractivity contribution is 7.89. The van der Waals surface area contributed by atoms with E-state index in [-0.39, 0.29) is 12.6 Å². The predicted molar refractivity (Wildman–Crippen MR) is 124 cm³/mol. The van der Waals surface area contributed by atoms with Crippen LogP contribution in [-0.2, 0) is 16.4 Å². The lowest BCUT2D eigenvalue weighted by Crippen LogP contribution is -2.45. The van der Waals surface area contributed by atoms with Crippen molar-refractivity contribution in [3.8, 4) is 11.1 Å². The fourth-order valence-electron chi connectivity index (χ4n) is 4.89. The summed E-state index contributed by atoms with van der Waals surface area (Å²) in [6.07, 6.45) is 6.20. The summed E-state index contributed by atoms with van der Waals surface area (Å²) in [5.74, 6) is 0. The summed E-state index contributed by atoms with van der Waals surface area (Å²) in [6, 6.07) is 16.1. The van der Waals surface area contributed by atoms with Gasteiger partial charge < -0.3 is 10.0 Å². The molecule has 2 fully saturated rings. The van der Waals surface area contributed by atoms with Gasteiger partial charge in [0, 0.05) is 25.2 Å². The van der Waals surface area contributed by atoms with Crippen LogP contribution in [0.4, 0.5) is 0 Å². The summed E-state index contributed by atoms with van der Waals surface area (Å²) in [7, 11) is -3.58. The molecular formula is C25H34N2O3S. The fourth-order valence-corrected chi connectivity index (χ4v) is 6.57. The molecule has 1 unspecified atom stereocenters. The minimum absolute atomic E-state index is 0.125. The van der Waals surface area contributed by atoms with E-state index >= 15 is 0 Å². The standard InChI is InChI=1S/C25H34N2O3S/c1-20-5-4-16-26(20)18-15-21-7-9-22(10-8-21)23-11-13-25(14-12-23)31(29,30)27-17-3-2-6-24(27)19-28/h7-14,20,24,28H,2-6,15-19H2,1H3/t20-,24?/m1/s1. The third-order valence-electron chi connectivity index (χ3n) is 6.91. The summed E-state index contributed by atoms with van der Waals surface area (Å²) >= 11 is 0. The van der Waals surface area contributed by atoms with E-state index in [9.17, 15) is 13.5 Å². The van der Waals surface area contributed by atoms with Gasteiger partial charge in [-0.15, -0.1) is 0 Å². The Hall–Kier alpha value is -1.73. The SMILES string of the molecule is C[C@@H]1CCCN1CCc1ccc(-c2ccc(S(=O)(=O)N3CCCCC3CO)cc2)cc1. The van der Waals surface area contributed by atoms with Gasteiger partial charge in [0.25, 0.3) is 0 Å². The molecule has 2 saturated heterocycles. The lowest BCUT2D eigenvalue weighted by atomic mass is 10.0. The number of aliphatic hydroxyl groups is 1. The van der Waals surface area contributed by atoms with Gasteiger partial charge >= 0.3 is 0 Å². The van der Waals surface area contributed by atoms with E-state index in [2.05, 4.69) is 36.1 Å². The van der Waals surface area contributed by atoms with Crippen molar-refractivity contribution in [2.24, 2.45) is 0 Å². The summed E-state index contributed by atoms with van der Waals surface area (Å²) in [5.41, 5.74) is 3.44. The van der Waals surface area contributed by atoms with Gasteiger partial charge in [0.1, 0.15) is 0 Å². The molecule has 5 nitrogen and oxygen atoms in total. The van der Waals surface area contributed by atoms with Crippen molar-refractivity contribution in [3.05, 3.63) is 54.1 Å². The topological polar surface area (TPSA) is 60.9 Å². The van der Waals surface area contributed by atoms with E-state index in [4.69, 9.17) is 0 Å². The first-order valence-corrected chi connectivity index (χ1v) is 13.0. The van der Waals surface area contributed by atoms with Crippen molar-refractivity contribution in [1.82, 2.24) is 9.21 Å². The number of hydrogen-bond acceptors (Lipinski definition) is 4. The molecule has 0 saturated carbocycles. The Kier molecular flexibility index (Phi) is 7.12. The zero-order chi connectivity index (χ0) is 21.8. The Labute approximate surface area is 186 Å². The van der Waals surface area contributed by atoms with Gasteiger partial charge in [-0.25, -0.2) is 8.42 Å². The average Bonchev–Trinajstić information content (AvgIpc) is 3.22. The predicted octanol–water partition coefficient (Wildman–Crippen LogP) is 3.92. The average molecular weight is 443 g/mol. The van der Waals surface area contributed by atoms with Crippen LogP contribution in [0.5, 0.6) is 0 Å². The number of aliphatic hydroxyl groups excluding tert-OH is 1. The monoisotopic (exact) mass is 442 g/mol. The molecule has 0 spiro atoms. The molecular weight excluding hydrogens is 408 g/mol. The maximum Gasteiger partial charge on any atom is 0.243 e. The first-order valence-electron chi connectivity index (χ1n) is 11.5. The van der Waals surface area contributed by atoms with Gasteiger partial charge in [0.05, 0.1) is 11.5 Å². The van der Waals surface area contributed by atoms with E-state index in [1.54, 1.807) is 12.1 Å². The third kappa shape index (κ3) is 5.03. The number of nitrogens with zero attached hydrogens (tertiary/aromatic N) is 2. The van der Waals surface area contributed by atoms with Gasteiger partial charge in [-0.05, 0) is 74.4 Å². The van der Waals surface area contributed by atoms with Crippen LogP contribution in [0.1, 0.15) is 44.6 Å². The molecule has 4 rings (SSSR count). The minimum atomic E-state index is -3.58. The Balaban J connectivity index is 1.43. The first kappa shape index (κ1) is 22.5. The highest BCUT2D eigenvalue weighted by Crippen LogP contribution is 2.27. The molecule has 2 aliphatic rings. The van der Waals surface area contributed by atoms with Crippen LogP contribution in [0.25, 0.3) is 11.1 Å². The zero-order valence-electron chi connectivity index (χ0n) is 18.4. The second-order valence-electron chi connectivity index (χ2n) is 8.95. The lowest BCUT2D eigenvalue weighted by Gasteiger charge is -2.33. The Bertz CT molecular complexity index is 957. The molecule has 31 heavy (non-hydrogen) atoms. The maximum atomic E-state index is 13.1. The van der Waals surface area contributed by atoms with Gasteiger partial charge in [-0.1, -0.05) is 42.8 Å².